The van der Waals surface area contributed by atoms with Gasteiger partial charge in [-0.3, -0.25) is 15.4 Å². The van der Waals surface area contributed by atoms with E-state index in [4.69, 9.17) is 4.74 Å². The van der Waals surface area contributed by atoms with Crippen LogP contribution in [-0.2, 0) is 17.6 Å². The molecule has 0 bridgehead atoms. The molecule has 1 amide bonds. The van der Waals surface area contributed by atoms with E-state index in [0.717, 1.165) is 33.8 Å². The van der Waals surface area contributed by atoms with Gasteiger partial charge in [-0.15, -0.1) is 0 Å². The lowest BCUT2D eigenvalue weighted by Gasteiger charge is -2.15. The van der Waals surface area contributed by atoms with Gasteiger partial charge in [-0.25, -0.2) is 13.6 Å². The van der Waals surface area contributed by atoms with Gasteiger partial charge in [0.05, 0.1) is 5.52 Å². The van der Waals surface area contributed by atoms with E-state index >= 15 is 0 Å². The molecule has 0 saturated heterocycles. The maximum atomic E-state index is 13.5. The van der Waals surface area contributed by atoms with Crippen LogP contribution < -0.4 is 5.32 Å². The normalized spacial score (nSPS) is 15.9. The number of rotatable bonds is 3. The van der Waals surface area contributed by atoms with Crippen molar-refractivity contribution < 1.29 is 18.3 Å². The molecule has 1 atom stereocenters. The first-order chi connectivity index (χ1) is 14.5. The van der Waals surface area contributed by atoms with E-state index in [2.05, 4.69) is 20.5 Å². The molecule has 0 radical (unpaired) electrons. The Labute approximate surface area is 169 Å². The van der Waals surface area contributed by atoms with E-state index in [-0.39, 0.29) is 6.42 Å². The number of nitrogens with one attached hydrogen (secondary N) is 2. The number of carbonyl (C=O) groups excluding carboxylic acids is 1. The van der Waals surface area contributed by atoms with Gasteiger partial charge in [0.1, 0.15) is 23.4 Å². The molecule has 1 unspecified atom stereocenters. The standard InChI is InChI=1S/C22H16F2N4O2/c23-15-5-12(6-16(24)10-15)7-17-8-14-9-18-20(11-19(14)26-22(29)30-17)27-28-21(18)13-1-3-25-4-2-13/h1-6,9-11,17H,7-8H2,(H,26,29)(H,27,28). The van der Waals surface area contributed by atoms with Crippen molar-refractivity contribution >= 4 is 22.7 Å². The molecule has 0 aliphatic carbocycles. The average molecular weight is 406 g/mol. The molecule has 150 valence electrons. The zero-order chi connectivity index (χ0) is 20.7. The SMILES string of the molecule is O=C1Nc2cc3[nH]nc(-c4ccncc4)c3cc2CC(Cc2cc(F)cc(F)c2)O1. The molecular formula is C22H16F2N4O2. The number of benzene rings is 2. The fourth-order valence-corrected chi connectivity index (χ4v) is 3.81. The van der Waals surface area contributed by atoms with Gasteiger partial charge in [-0.05, 0) is 47.5 Å². The zero-order valence-corrected chi connectivity index (χ0v) is 15.7. The highest BCUT2D eigenvalue weighted by Gasteiger charge is 2.24. The number of ether oxygens (including phenoxy) is 1. The molecule has 2 aromatic heterocycles. The van der Waals surface area contributed by atoms with Crippen LogP contribution in [-0.4, -0.2) is 27.4 Å². The minimum atomic E-state index is -0.662. The Morgan fingerprint density at radius 2 is 1.83 bits per heavy atom. The Hall–Kier alpha value is -3.81. The van der Waals surface area contributed by atoms with Crippen LogP contribution >= 0.6 is 0 Å². The summed E-state index contributed by atoms with van der Waals surface area (Å²) < 4.78 is 32.6. The van der Waals surface area contributed by atoms with E-state index in [9.17, 15) is 13.6 Å². The fraction of sp³-hybridized carbons (Fsp3) is 0.136. The van der Waals surface area contributed by atoms with E-state index < -0.39 is 23.8 Å². The number of cyclic esters (lactones) is 1. The number of halogens is 2. The number of aromatic amines is 1. The third-order valence-corrected chi connectivity index (χ3v) is 5.08. The van der Waals surface area contributed by atoms with Crippen LogP contribution in [0.4, 0.5) is 19.3 Å². The molecule has 2 N–H and O–H groups in total. The zero-order valence-electron chi connectivity index (χ0n) is 15.7. The molecule has 5 rings (SSSR count). The van der Waals surface area contributed by atoms with Crippen molar-refractivity contribution in [2.45, 2.75) is 18.9 Å². The number of hydrogen-bond donors (Lipinski definition) is 2. The minimum absolute atomic E-state index is 0.197. The smallest absolute Gasteiger partial charge is 0.411 e. The number of amides is 1. The first-order valence-electron chi connectivity index (χ1n) is 9.39. The summed E-state index contributed by atoms with van der Waals surface area (Å²) in [5.74, 6) is -1.32. The van der Waals surface area contributed by atoms with Gasteiger partial charge in [0, 0.05) is 47.9 Å². The van der Waals surface area contributed by atoms with E-state index in [1.54, 1.807) is 12.4 Å². The second-order valence-electron chi connectivity index (χ2n) is 7.20. The second-order valence-corrected chi connectivity index (χ2v) is 7.20. The first-order valence-corrected chi connectivity index (χ1v) is 9.39. The average Bonchev–Trinajstić information content (AvgIpc) is 3.03. The lowest BCUT2D eigenvalue weighted by molar-refractivity contribution is 0.113. The number of anilines is 1. The van der Waals surface area contributed by atoms with Gasteiger partial charge in [0.25, 0.3) is 0 Å². The fourth-order valence-electron chi connectivity index (χ4n) is 3.81. The van der Waals surface area contributed by atoms with Gasteiger partial charge in [-0.1, -0.05) is 0 Å². The third-order valence-electron chi connectivity index (χ3n) is 5.08. The van der Waals surface area contributed by atoms with E-state index in [1.807, 2.05) is 24.3 Å². The number of aromatic nitrogens is 3. The van der Waals surface area contributed by atoms with Crippen LogP contribution in [0.25, 0.3) is 22.2 Å². The summed E-state index contributed by atoms with van der Waals surface area (Å²) in [6, 6.07) is 10.8. The maximum Gasteiger partial charge on any atom is 0.411 e. The van der Waals surface area contributed by atoms with Crippen molar-refractivity contribution in [2.75, 3.05) is 5.32 Å². The van der Waals surface area contributed by atoms with Gasteiger partial charge >= 0.3 is 6.09 Å². The number of H-pyrrole nitrogens is 1. The van der Waals surface area contributed by atoms with Crippen molar-refractivity contribution in [1.82, 2.24) is 15.2 Å². The van der Waals surface area contributed by atoms with Crippen molar-refractivity contribution in [3.05, 3.63) is 77.6 Å². The molecule has 30 heavy (non-hydrogen) atoms. The quantitative estimate of drug-likeness (QED) is 0.520. The first kappa shape index (κ1) is 18.2. The molecule has 4 aromatic rings. The van der Waals surface area contributed by atoms with Crippen LogP contribution in [0.2, 0.25) is 0 Å². The predicted octanol–water partition coefficient (Wildman–Crippen LogP) is 4.62. The highest BCUT2D eigenvalue weighted by Crippen LogP contribution is 2.33. The summed E-state index contributed by atoms with van der Waals surface area (Å²) in [5, 5.41) is 11.0. The molecule has 0 saturated carbocycles. The lowest BCUT2D eigenvalue weighted by atomic mass is 9.98. The summed E-state index contributed by atoms with van der Waals surface area (Å²) in [6.45, 7) is 0. The van der Waals surface area contributed by atoms with Crippen molar-refractivity contribution in [3.63, 3.8) is 0 Å². The summed E-state index contributed by atoms with van der Waals surface area (Å²) in [6.07, 6.45) is 2.80. The summed E-state index contributed by atoms with van der Waals surface area (Å²) in [4.78, 5) is 16.3. The highest BCUT2D eigenvalue weighted by atomic mass is 19.1. The Morgan fingerprint density at radius 1 is 1.07 bits per heavy atom. The molecular weight excluding hydrogens is 390 g/mol. The number of pyridine rings is 1. The number of hydrogen-bond acceptors (Lipinski definition) is 4. The Balaban J connectivity index is 1.52. The molecule has 6 nitrogen and oxygen atoms in total. The Morgan fingerprint density at radius 3 is 2.60 bits per heavy atom. The highest BCUT2D eigenvalue weighted by molar-refractivity contribution is 5.98. The maximum absolute atomic E-state index is 13.5. The minimum Gasteiger partial charge on any atom is -0.445 e. The van der Waals surface area contributed by atoms with Crippen molar-refractivity contribution in [1.29, 1.82) is 0 Å². The van der Waals surface area contributed by atoms with Crippen LogP contribution in [0.5, 0.6) is 0 Å². The molecule has 1 aliphatic heterocycles. The topological polar surface area (TPSA) is 79.9 Å². The Kier molecular flexibility index (Phi) is 4.39. The van der Waals surface area contributed by atoms with Crippen molar-refractivity contribution in [2.24, 2.45) is 0 Å². The molecule has 8 heteroatoms. The Bertz CT molecular complexity index is 1240. The van der Waals surface area contributed by atoms with E-state index in [0.29, 0.717) is 17.7 Å². The summed E-state index contributed by atoms with van der Waals surface area (Å²) >= 11 is 0. The second kappa shape index (κ2) is 7.22. The molecule has 3 heterocycles. The van der Waals surface area contributed by atoms with Gasteiger partial charge in [0.2, 0.25) is 0 Å². The molecule has 2 aromatic carbocycles. The summed E-state index contributed by atoms with van der Waals surface area (Å²) in [5.41, 5.74) is 4.35. The number of carbonyl (C=O) groups is 1. The number of fused-ring (bicyclic) bond motifs is 2. The lowest BCUT2D eigenvalue weighted by Crippen LogP contribution is -2.22. The largest absolute Gasteiger partial charge is 0.445 e. The van der Waals surface area contributed by atoms with Crippen LogP contribution in [0, 0.1) is 11.6 Å². The number of nitrogens with zero attached hydrogens (tertiary/aromatic N) is 2. The molecule has 0 spiro atoms. The van der Waals surface area contributed by atoms with Crippen LogP contribution in [0.15, 0.2) is 54.9 Å². The van der Waals surface area contributed by atoms with Crippen LogP contribution in [0.1, 0.15) is 11.1 Å². The van der Waals surface area contributed by atoms with Gasteiger partial charge in [0.15, 0.2) is 0 Å². The van der Waals surface area contributed by atoms with Gasteiger partial charge < -0.3 is 4.74 Å². The van der Waals surface area contributed by atoms with Crippen LogP contribution in [0.3, 0.4) is 0 Å². The summed E-state index contributed by atoms with van der Waals surface area (Å²) in [7, 11) is 0. The monoisotopic (exact) mass is 406 g/mol. The van der Waals surface area contributed by atoms with Gasteiger partial charge in [-0.2, -0.15) is 5.10 Å². The third kappa shape index (κ3) is 3.47. The molecule has 0 fully saturated rings. The predicted molar refractivity (Wildman–Crippen MR) is 107 cm³/mol. The molecule has 1 aliphatic rings. The van der Waals surface area contributed by atoms with E-state index in [1.165, 1.54) is 12.1 Å². The van der Waals surface area contributed by atoms with Crippen molar-refractivity contribution in [3.8, 4) is 11.3 Å².